The average Bonchev–Trinajstić information content (AvgIpc) is 3.48. The number of aromatic nitrogens is 2. The van der Waals surface area contributed by atoms with Crippen molar-refractivity contribution in [2.24, 2.45) is 5.92 Å². The second-order valence-electron chi connectivity index (χ2n) is 8.93. The third-order valence-electron chi connectivity index (χ3n) is 6.73. The van der Waals surface area contributed by atoms with Gasteiger partial charge in [0, 0.05) is 26.1 Å². The number of carbonyl (C=O) groups is 2. The van der Waals surface area contributed by atoms with Gasteiger partial charge in [-0.1, -0.05) is 43.2 Å². The van der Waals surface area contributed by atoms with E-state index in [1.165, 1.54) is 16.6 Å². The predicted octanol–water partition coefficient (Wildman–Crippen LogP) is 1.09. The van der Waals surface area contributed by atoms with Gasteiger partial charge in [0.25, 0.3) is 5.56 Å². The molecule has 4 rings (SSSR count). The van der Waals surface area contributed by atoms with Crippen LogP contribution in [-0.2, 0) is 27.4 Å². The van der Waals surface area contributed by atoms with Crippen molar-refractivity contribution in [2.45, 2.75) is 51.2 Å². The smallest absolute Gasteiger partial charge is 0.330 e. The quantitative estimate of drug-likeness (QED) is 0.595. The van der Waals surface area contributed by atoms with E-state index >= 15 is 0 Å². The summed E-state index contributed by atoms with van der Waals surface area (Å²) in [4.78, 5) is 57.3. The van der Waals surface area contributed by atoms with Crippen LogP contribution in [0.15, 0.2) is 39.9 Å². The van der Waals surface area contributed by atoms with Crippen molar-refractivity contribution >= 4 is 23.3 Å². The molecule has 1 saturated carbocycles. The summed E-state index contributed by atoms with van der Waals surface area (Å²) in [7, 11) is 1.49. The standard InChI is InChI=1S/C24H31N5O5/c1-34-12-11-27-21(25)20(22(31)26-24(27)33)29(14-16-7-3-2-4-8-16)23(32)17-13-19(30)28(15-17)18-9-5-6-10-18/h2-4,7-8,17-18H,5-6,9-15,25H2,1H3,(H,26,31,33). The summed E-state index contributed by atoms with van der Waals surface area (Å²) in [5.41, 5.74) is 5.59. The number of rotatable bonds is 8. The molecule has 0 radical (unpaired) electrons. The van der Waals surface area contributed by atoms with Crippen molar-refractivity contribution in [3.05, 3.63) is 56.7 Å². The van der Waals surface area contributed by atoms with Crippen LogP contribution in [0.5, 0.6) is 0 Å². The lowest BCUT2D eigenvalue weighted by atomic mass is 10.1. The van der Waals surface area contributed by atoms with Crippen LogP contribution in [0.4, 0.5) is 11.5 Å². The Hall–Kier alpha value is -3.40. The number of benzene rings is 1. The van der Waals surface area contributed by atoms with E-state index in [1.807, 2.05) is 35.2 Å². The zero-order valence-electron chi connectivity index (χ0n) is 19.4. The Morgan fingerprint density at radius 3 is 2.56 bits per heavy atom. The third-order valence-corrected chi connectivity index (χ3v) is 6.73. The predicted molar refractivity (Wildman–Crippen MR) is 127 cm³/mol. The highest BCUT2D eigenvalue weighted by molar-refractivity contribution is 6.00. The van der Waals surface area contributed by atoms with Gasteiger partial charge in [0.05, 0.1) is 25.6 Å². The molecule has 0 bridgehead atoms. The maximum atomic E-state index is 13.8. The zero-order valence-corrected chi connectivity index (χ0v) is 19.4. The number of nitrogens with one attached hydrogen (secondary N) is 1. The van der Waals surface area contributed by atoms with E-state index in [1.54, 1.807) is 0 Å². The molecule has 2 heterocycles. The van der Waals surface area contributed by atoms with E-state index in [-0.39, 0.29) is 55.5 Å². The van der Waals surface area contributed by atoms with Crippen molar-refractivity contribution in [2.75, 3.05) is 30.9 Å². The molecule has 0 spiro atoms. The summed E-state index contributed by atoms with van der Waals surface area (Å²) in [5.74, 6) is -1.08. The van der Waals surface area contributed by atoms with Crippen LogP contribution in [0.2, 0.25) is 0 Å². The number of nitrogens with zero attached hydrogens (tertiary/aromatic N) is 3. The molecule has 2 amide bonds. The monoisotopic (exact) mass is 469 g/mol. The highest BCUT2D eigenvalue weighted by Crippen LogP contribution is 2.31. The molecule has 1 aromatic carbocycles. The second-order valence-corrected chi connectivity index (χ2v) is 8.93. The molecule has 1 unspecified atom stereocenters. The number of ether oxygens (including phenoxy) is 1. The average molecular weight is 470 g/mol. The number of nitrogen functional groups attached to an aromatic ring is 1. The molecule has 2 aliphatic rings. The number of amides is 2. The topological polar surface area (TPSA) is 131 Å². The summed E-state index contributed by atoms with van der Waals surface area (Å²) in [6.07, 6.45) is 4.18. The first-order chi connectivity index (χ1) is 16.4. The molecular formula is C24H31N5O5. The molecule has 2 aromatic rings. The first kappa shape index (κ1) is 23.7. The number of H-pyrrole nitrogens is 1. The van der Waals surface area contributed by atoms with Crippen molar-refractivity contribution < 1.29 is 14.3 Å². The number of hydrogen-bond donors (Lipinski definition) is 2. The molecule has 182 valence electrons. The van der Waals surface area contributed by atoms with Crippen LogP contribution in [-0.4, -0.2) is 52.6 Å². The Bertz CT molecular complexity index is 1150. The number of hydrogen-bond acceptors (Lipinski definition) is 6. The van der Waals surface area contributed by atoms with E-state index in [0.717, 1.165) is 31.2 Å². The minimum Gasteiger partial charge on any atom is -0.383 e. The number of likely N-dealkylation sites (tertiary alicyclic amines) is 1. The molecule has 1 saturated heterocycles. The van der Waals surface area contributed by atoms with Gasteiger partial charge in [-0.2, -0.15) is 0 Å². The van der Waals surface area contributed by atoms with E-state index in [0.29, 0.717) is 6.54 Å². The van der Waals surface area contributed by atoms with Crippen molar-refractivity contribution in [3.8, 4) is 0 Å². The number of nitrogens with two attached hydrogens (primary N) is 1. The van der Waals surface area contributed by atoms with Crippen molar-refractivity contribution in [1.82, 2.24) is 14.5 Å². The summed E-state index contributed by atoms with van der Waals surface area (Å²) in [5, 5.41) is 0. The SMILES string of the molecule is COCCn1c(N)c(N(Cc2ccccc2)C(=O)C2CC(=O)N(C3CCCC3)C2)c(=O)[nH]c1=O. The Kier molecular flexibility index (Phi) is 7.16. The molecule has 1 aliphatic heterocycles. The van der Waals surface area contributed by atoms with Crippen molar-refractivity contribution in [1.29, 1.82) is 0 Å². The Morgan fingerprint density at radius 2 is 1.88 bits per heavy atom. The van der Waals surface area contributed by atoms with Crippen LogP contribution in [0.1, 0.15) is 37.7 Å². The highest BCUT2D eigenvalue weighted by atomic mass is 16.5. The fraction of sp³-hybridized carbons (Fsp3) is 0.500. The Balaban J connectivity index is 1.71. The summed E-state index contributed by atoms with van der Waals surface area (Å²) in [6.45, 7) is 0.740. The lowest BCUT2D eigenvalue weighted by Gasteiger charge is -2.28. The van der Waals surface area contributed by atoms with Gasteiger partial charge in [0.15, 0.2) is 5.69 Å². The first-order valence-corrected chi connectivity index (χ1v) is 11.7. The maximum absolute atomic E-state index is 13.8. The summed E-state index contributed by atoms with van der Waals surface area (Å²) in [6, 6.07) is 9.40. The fourth-order valence-corrected chi connectivity index (χ4v) is 4.96. The molecule has 10 nitrogen and oxygen atoms in total. The summed E-state index contributed by atoms with van der Waals surface area (Å²) < 4.78 is 6.24. The first-order valence-electron chi connectivity index (χ1n) is 11.7. The van der Waals surface area contributed by atoms with Gasteiger partial charge < -0.3 is 15.4 Å². The van der Waals surface area contributed by atoms with Crippen LogP contribution < -0.4 is 21.9 Å². The number of aromatic amines is 1. The van der Waals surface area contributed by atoms with Gasteiger partial charge in [-0.15, -0.1) is 0 Å². The second kappa shape index (κ2) is 10.3. The van der Waals surface area contributed by atoms with Gasteiger partial charge in [-0.05, 0) is 18.4 Å². The maximum Gasteiger partial charge on any atom is 0.330 e. The Labute approximate surface area is 197 Å². The van der Waals surface area contributed by atoms with E-state index in [9.17, 15) is 19.2 Å². The fourth-order valence-electron chi connectivity index (χ4n) is 4.96. The normalized spacial score (nSPS) is 18.6. The molecule has 1 atom stereocenters. The van der Waals surface area contributed by atoms with Gasteiger partial charge in [0.1, 0.15) is 5.82 Å². The van der Waals surface area contributed by atoms with E-state index in [4.69, 9.17) is 10.5 Å². The van der Waals surface area contributed by atoms with E-state index in [2.05, 4.69) is 4.98 Å². The van der Waals surface area contributed by atoms with Crippen molar-refractivity contribution in [3.63, 3.8) is 0 Å². The summed E-state index contributed by atoms with van der Waals surface area (Å²) >= 11 is 0. The Morgan fingerprint density at radius 1 is 1.18 bits per heavy atom. The van der Waals surface area contributed by atoms with E-state index < -0.39 is 17.2 Å². The molecule has 2 fully saturated rings. The van der Waals surface area contributed by atoms with Crippen LogP contribution in [0, 0.1) is 5.92 Å². The highest BCUT2D eigenvalue weighted by Gasteiger charge is 2.41. The molecule has 10 heteroatoms. The molecule has 1 aromatic heterocycles. The largest absolute Gasteiger partial charge is 0.383 e. The van der Waals surface area contributed by atoms with Gasteiger partial charge in [-0.3, -0.25) is 28.8 Å². The molecule has 34 heavy (non-hydrogen) atoms. The zero-order chi connectivity index (χ0) is 24.2. The lowest BCUT2D eigenvalue weighted by molar-refractivity contribution is -0.130. The van der Waals surface area contributed by atoms with Crippen LogP contribution >= 0.6 is 0 Å². The van der Waals surface area contributed by atoms with Crippen LogP contribution in [0.3, 0.4) is 0 Å². The van der Waals surface area contributed by atoms with Crippen LogP contribution in [0.25, 0.3) is 0 Å². The molecular weight excluding hydrogens is 438 g/mol. The number of anilines is 2. The lowest BCUT2D eigenvalue weighted by Crippen LogP contribution is -2.44. The minimum absolute atomic E-state index is 0.0307. The third kappa shape index (κ3) is 4.77. The molecule has 1 aliphatic carbocycles. The molecule has 3 N–H and O–H groups in total. The van der Waals surface area contributed by atoms with Gasteiger partial charge >= 0.3 is 5.69 Å². The number of carbonyl (C=O) groups excluding carboxylic acids is 2. The van der Waals surface area contributed by atoms with Gasteiger partial charge in [-0.25, -0.2) is 4.79 Å². The minimum atomic E-state index is -0.738. The number of methoxy groups -OCH3 is 1. The van der Waals surface area contributed by atoms with Gasteiger partial charge in [0.2, 0.25) is 11.8 Å².